The zero-order chi connectivity index (χ0) is 18.1. The Morgan fingerprint density at radius 3 is 2.50 bits per heavy atom. The monoisotopic (exact) mass is 365 g/mol. The highest BCUT2D eigenvalue weighted by Crippen LogP contribution is 2.30. The largest absolute Gasteiger partial charge is 0.477 e. The standard InChI is InChI=1S/C17H19NO4S2/c1-5-11-10-12(17(2,3)4)6-7-14(11)24(21,22)18-13-8-9-23-15(13)16(19)20/h5-10,18H,1H2,2-4H3,(H,19,20). The fourth-order valence-electron chi connectivity index (χ4n) is 2.17. The lowest BCUT2D eigenvalue weighted by Gasteiger charge is -2.20. The molecule has 1 heterocycles. The normalized spacial score (nSPS) is 12.0. The Balaban J connectivity index is 2.48. The van der Waals surface area contributed by atoms with E-state index in [4.69, 9.17) is 5.11 Å². The zero-order valence-electron chi connectivity index (χ0n) is 13.7. The van der Waals surface area contributed by atoms with E-state index in [0.717, 1.165) is 16.9 Å². The third-order valence-corrected chi connectivity index (χ3v) is 5.83. The molecule has 0 aliphatic rings. The lowest BCUT2D eigenvalue weighted by Crippen LogP contribution is -2.17. The Hall–Kier alpha value is -2.12. The molecule has 0 atom stereocenters. The molecule has 0 radical (unpaired) electrons. The summed E-state index contributed by atoms with van der Waals surface area (Å²) in [6, 6.07) is 6.50. The molecule has 0 amide bonds. The average molecular weight is 365 g/mol. The van der Waals surface area contributed by atoms with E-state index in [1.165, 1.54) is 23.6 Å². The van der Waals surface area contributed by atoms with Crippen molar-refractivity contribution in [3.05, 3.63) is 52.2 Å². The molecule has 0 aliphatic heterocycles. The van der Waals surface area contributed by atoms with Crippen LogP contribution in [0, 0.1) is 0 Å². The predicted molar refractivity (Wildman–Crippen MR) is 97.3 cm³/mol. The number of rotatable bonds is 5. The highest BCUT2D eigenvalue weighted by atomic mass is 32.2. The molecule has 24 heavy (non-hydrogen) atoms. The minimum atomic E-state index is -3.92. The van der Waals surface area contributed by atoms with Crippen LogP contribution >= 0.6 is 11.3 Å². The number of hydrogen-bond acceptors (Lipinski definition) is 4. The summed E-state index contributed by atoms with van der Waals surface area (Å²) in [6.07, 6.45) is 1.48. The SMILES string of the molecule is C=Cc1cc(C(C)(C)C)ccc1S(=O)(=O)Nc1ccsc1C(=O)O. The van der Waals surface area contributed by atoms with Gasteiger partial charge in [-0.2, -0.15) is 0 Å². The molecule has 5 nitrogen and oxygen atoms in total. The van der Waals surface area contributed by atoms with Crippen molar-refractivity contribution in [3.63, 3.8) is 0 Å². The lowest BCUT2D eigenvalue weighted by atomic mass is 9.86. The Morgan fingerprint density at radius 1 is 1.29 bits per heavy atom. The summed E-state index contributed by atoms with van der Waals surface area (Å²) in [6.45, 7) is 9.79. The number of thiophene rings is 1. The van der Waals surface area contributed by atoms with Gasteiger partial charge in [0.05, 0.1) is 10.6 Å². The van der Waals surface area contributed by atoms with Crippen molar-refractivity contribution in [1.29, 1.82) is 0 Å². The molecule has 0 saturated heterocycles. The molecular weight excluding hydrogens is 346 g/mol. The topological polar surface area (TPSA) is 83.5 Å². The molecule has 0 bridgehead atoms. The number of carbonyl (C=O) groups is 1. The maximum absolute atomic E-state index is 12.7. The third-order valence-electron chi connectivity index (χ3n) is 3.49. The van der Waals surface area contributed by atoms with Gasteiger partial charge in [0, 0.05) is 0 Å². The van der Waals surface area contributed by atoms with Gasteiger partial charge in [-0.25, -0.2) is 13.2 Å². The van der Waals surface area contributed by atoms with Crippen LogP contribution < -0.4 is 4.72 Å². The van der Waals surface area contributed by atoms with Gasteiger partial charge < -0.3 is 5.11 Å². The first-order valence-electron chi connectivity index (χ1n) is 7.17. The van der Waals surface area contributed by atoms with E-state index >= 15 is 0 Å². The fraction of sp³-hybridized carbons (Fsp3) is 0.235. The Morgan fingerprint density at radius 2 is 1.96 bits per heavy atom. The first kappa shape index (κ1) is 18.2. The summed E-state index contributed by atoms with van der Waals surface area (Å²) in [7, 11) is -3.92. The molecule has 2 aromatic rings. The summed E-state index contributed by atoms with van der Waals surface area (Å²) < 4.78 is 27.7. The molecule has 2 rings (SSSR count). The van der Waals surface area contributed by atoms with Crippen molar-refractivity contribution in [3.8, 4) is 0 Å². The summed E-state index contributed by atoms with van der Waals surface area (Å²) >= 11 is 0.963. The molecule has 2 N–H and O–H groups in total. The van der Waals surface area contributed by atoms with Crippen molar-refractivity contribution in [2.24, 2.45) is 0 Å². The molecule has 0 unspecified atom stereocenters. The Bertz CT molecular complexity index is 890. The number of sulfonamides is 1. The van der Waals surface area contributed by atoms with E-state index in [0.29, 0.717) is 5.56 Å². The van der Waals surface area contributed by atoms with Gasteiger partial charge in [-0.15, -0.1) is 11.3 Å². The molecule has 0 spiro atoms. The van der Waals surface area contributed by atoms with Gasteiger partial charge >= 0.3 is 5.97 Å². The van der Waals surface area contributed by atoms with Crippen molar-refractivity contribution in [2.45, 2.75) is 31.1 Å². The number of hydrogen-bond donors (Lipinski definition) is 2. The van der Waals surface area contributed by atoms with E-state index in [2.05, 4.69) is 11.3 Å². The predicted octanol–water partition coefficient (Wildman–Crippen LogP) is 4.19. The quantitative estimate of drug-likeness (QED) is 0.832. The summed E-state index contributed by atoms with van der Waals surface area (Å²) in [5.41, 5.74) is 1.39. The van der Waals surface area contributed by atoms with E-state index in [1.807, 2.05) is 20.8 Å². The zero-order valence-corrected chi connectivity index (χ0v) is 15.3. The van der Waals surface area contributed by atoms with Crippen molar-refractivity contribution in [2.75, 3.05) is 4.72 Å². The van der Waals surface area contributed by atoms with Crippen LogP contribution in [0.25, 0.3) is 6.08 Å². The molecule has 1 aromatic carbocycles. The summed E-state index contributed by atoms with van der Waals surface area (Å²) in [4.78, 5) is 11.2. The number of anilines is 1. The lowest BCUT2D eigenvalue weighted by molar-refractivity contribution is 0.0703. The maximum atomic E-state index is 12.7. The van der Waals surface area contributed by atoms with Gasteiger partial charge in [0.25, 0.3) is 10.0 Å². The van der Waals surface area contributed by atoms with Crippen LogP contribution in [0.3, 0.4) is 0 Å². The number of carboxylic acid groups (broad SMARTS) is 1. The molecular formula is C17H19NO4S2. The van der Waals surface area contributed by atoms with Gasteiger partial charge in [0.1, 0.15) is 4.88 Å². The Labute approximate surface area is 145 Å². The second-order valence-corrected chi connectivity index (χ2v) is 8.85. The Kier molecular flexibility index (Phi) is 4.87. The third kappa shape index (κ3) is 3.68. The van der Waals surface area contributed by atoms with Crippen molar-refractivity contribution < 1.29 is 18.3 Å². The van der Waals surface area contributed by atoms with Crippen LogP contribution in [-0.2, 0) is 15.4 Å². The number of benzene rings is 1. The molecule has 0 fully saturated rings. The molecule has 7 heteroatoms. The van der Waals surface area contributed by atoms with Gasteiger partial charge in [-0.1, -0.05) is 39.5 Å². The van der Waals surface area contributed by atoms with Crippen LogP contribution in [0.2, 0.25) is 0 Å². The van der Waals surface area contributed by atoms with Crippen molar-refractivity contribution >= 4 is 39.1 Å². The fourth-order valence-corrected chi connectivity index (χ4v) is 4.20. The van der Waals surface area contributed by atoms with Gasteiger partial charge in [0.2, 0.25) is 0 Å². The first-order valence-corrected chi connectivity index (χ1v) is 9.53. The second kappa shape index (κ2) is 6.41. The number of carboxylic acids is 1. The van der Waals surface area contributed by atoms with Gasteiger partial charge in [-0.05, 0) is 40.1 Å². The van der Waals surface area contributed by atoms with Crippen LogP contribution in [0.15, 0.2) is 41.1 Å². The first-order chi connectivity index (χ1) is 11.1. The summed E-state index contributed by atoms with van der Waals surface area (Å²) in [5, 5.41) is 10.6. The highest BCUT2D eigenvalue weighted by Gasteiger charge is 2.23. The maximum Gasteiger partial charge on any atom is 0.348 e. The van der Waals surface area contributed by atoms with Crippen LogP contribution in [0.4, 0.5) is 5.69 Å². The van der Waals surface area contributed by atoms with E-state index in [-0.39, 0.29) is 20.9 Å². The van der Waals surface area contributed by atoms with E-state index < -0.39 is 16.0 Å². The molecule has 128 valence electrons. The van der Waals surface area contributed by atoms with Crippen LogP contribution in [0.1, 0.15) is 41.6 Å². The van der Waals surface area contributed by atoms with E-state index in [1.54, 1.807) is 12.1 Å². The molecule has 0 saturated carbocycles. The molecule has 1 aromatic heterocycles. The number of nitrogens with one attached hydrogen (secondary N) is 1. The van der Waals surface area contributed by atoms with Crippen molar-refractivity contribution in [1.82, 2.24) is 0 Å². The van der Waals surface area contributed by atoms with Crippen LogP contribution in [-0.4, -0.2) is 19.5 Å². The van der Waals surface area contributed by atoms with Gasteiger partial charge in [0.15, 0.2) is 0 Å². The second-order valence-electron chi connectivity index (χ2n) is 6.28. The van der Waals surface area contributed by atoms with Gasteiger partial charge in [-0.3, -0.25) is 4.72 Å². The smallest absolute Gasteiger partial charge is 0.348 e. The minimum absolute atomic E-state index is 0.0509. The summed E-state index contributed by atoms with van der Waals surface area (Å²) in [5.74, 6) is -1.17. The highest BCUT2D eigenvalue weighted by molar-refractivity contribution is 7.92. The van der Waals surface area contributed by atoms with E-state index in [9.17, 15) is 13.2 Å². The number of aromatic carboxylic acids is 1. The minimum Gasteiger partial charge on any atom is -0.477 e. The van der Waals surface area contributed by atoms with Crippen LogP contribution in [0.5, 0.6) is 0 Å². The average Bonchev–Trinajstić information content (AvgIpc) is 2.93. The molecule has 0 aliphatic carbocycles.